The molecule has 2 heterocycles. The topological polar surface area (TPSA) is 100 Å². The molecule has 0 radical (unpaired) electrons. The Morgan fingerprint density at radius 1 is 1.63 bits per heavy atom. The monoisotopic (exact) mass is 265 g/mol. The van der Waals surface area contributed by atoms with Crippen molar-refractivity contribution in [1.29, 1.82) is 0 Å². The summed E-state index contributed by atoms with van der Waals surface area (Å²) < 4.78 is 11.1. The Bertz CT molecular complexity index is 588. The molecule has 8 nitrogen and oxygen atoms in total. The van der Waals surface area contributed by atoms with Gasteiger partial charge in [-0.25, -0.2) is 14.3 Å². The van der Waals surface area contributed by atoms with Gasteiger partial charge >= 0.3 is 11.8 Å². The molecular weight excluding hydrogens is 254 g/mol. The highest BCUT2D eigenvalue weighted by Gasteiger charge is 2.17. The molecule has 0 N–H and O–H groups in total. The van der Waals surface area contributed by atoms with Gasteiger partial charge in [0.2, 0.25) is 0 Å². The lowest BCUT2D eigenvalue weighted by Crippen LogP contribution is -2.13. The van der Waals surface area contributed by atoms with Crippen LogP contribution >= 0.6 is 0 Å². The van der Waals surface area contributed by atoms with Gasteiger partial charge in [-0.2, -0.15) is 0 Å². The molecule has 8 heteroatoms. The Labute approximate surface area is 107 Å². The summed E-state index contributed by atoms with van der Waals surface area (Å²) in [7, 11) is 0. The van der Waals surface area contributed by atoms with E-state index in [0.717, 1.165) is 0 Å². The normalized spacial score (nSPS) is 10.4. The number of esters is 1. The number of aryl methyl sites for hydroxylation is 1. The summed E-state index contributed by atoms with van der Waals surface area (Å²) in [6.45, 7) is 1.83. The number of imidazole rings is 1. The third kappa shape index (κ3) is 2.79. The van der Waals surface area contributed by atoms with Crippen molar-refractivity contribution >= 4 is 11.8 Å². The summed E-state index contributed by atoms with van der Waals surface area (Å²) in [5.74, 6) is -0.169. The number of hydrogen-bond acceptors (Lipinski definition) is 6. The number of nitrogens with zero attached hydrogens (tertiary/aromatic N) is 3. The Morgan fingerprint density at radius 3 is 3.05 bits per heavy atom. The Morgan fingerprint density at radius 2 is 2.42 bits per heavy atom. The predicted octanol–water partition coefficient (Wildman–Crippen LogP) is 1.55. The van der Waals surface area contributed by atoms with Gasteiger partial charge in [-0.05, 0) is 11.0 Å². The van der Waals surface area contributed by atoms with Crippen LogP contribution in [0.15, 0.2) is 29.2 Å². The van der Waals surface area contributed by atoms with Crippen LogP contribution in [-0.4, -0.2) is 27.1 Å². The van der Waals surface area contributed by atoms with E-state index in [2.05, 4.69) is 4.98 Å². The molecule has 0 saturated heterocycles. The highest BCUT2D eigenvalue weighted by Crippen LogP contribution is 2.13. The first kappa shape index (κ1) is 12.8. The standard InChI is InChI=1S/C11H11N3O5/c1-8-12-6-10(14(16)17)13(8)3-5-19-11(15)9-2-4-18-7-9/h2,4,6-7H,3,5H2,1H3. The molecule has 0 atom stereocenters. The van der Waals surface area contributed by atoms with Crippen molar-refractivity contribution in [1.82, 2.24) is 9.55 Å². The lowest BCUT2D eigenvalue weighted by molar-refractivity contribution is -0.392. The van der Waals surface area contributed by atoms with Crippen LogP contribution in [0.1, 0.15) is 16.2 Å². The van der Waals surface area contributed by atoms with E-state index >= 15 is 0 Å². The molecule has 2 aromatic heterocycles. The van der Waals surface area contributed by atoms with Crippen molar-refractivity contribution in [3.63, 3.8) is 0 Å². The van der Waals surface area contributed by atoms with Gasteiger partial charge in [0.05, 0.1) is 11.8 Å². The first-order chi connectivity index (χ1) is 9.09. The number of nitro groups is 1. The number of ether oxygens (including phenoxy) is 1. The summed E-state index contributed by atoms with van der Waals surface area (Å²) in [5, 5.41) is 10.7. The maximum Gasteiger partial charge on any atom is 0.342 e. The van der Waals surface area contributed by atoms with Crippen LogP contribution in [0, 0.1) is 17.0 Å². The molecular formula is C11H11N3O5. The van der Waals surface area contributed by atoms with Gasteiger partial charge in [-0.15, -0.1) is 0 Å². The number of aromatic nitrogens is 2. The van der Waals surface area contributed by atoms with Crippen molar-refractivity contribution in [2.45, 2.75) is 13.5 Å². The second-order valence-electron chi connectivity index (χ2n) is 3.72. The molecule has 0 aliphatic rings. The molecule has 0 aliphatic heterocycles. The fraction of sp³-hybridized carbons (Fsp3) is 0.273. The molecule has 19 heavy (non-hydrogen) atoms. The molecule has 2 rings (SSSR count). The van der Waals surface area contributed by atoms with Gasteiger partial charge in [-0.1, -0.05) is 0 Å². The van der Waals surface area contributed by atoms with Crippen LogP contribution in [0.5, 0.6) is 0 Å². The summed E-state index contributed by atoms with van der Waals surface area (Å²) in [6.07, 6.45) is 3.81. The number of carbonyl (C=O) groups excluding carboxylic acids is 1. The van der Waals surface area contributed by atoms with Crippen molar-refractivity contribution in [3.05, 3.63) is 46.3 Å². The zero-order valence-electron chi connectivity index (χ0n) is 10.1. The quantitative estimate of drug-likeness (QED) is 0.462. The van der Waals surface area contributed by atoms with E-state index in [-0.39, 0.29) is 19.0 Å². The lowest BCUT2D eigenvalue weighted by Gasteiger charge is -2.04. The van der Waals surface area contributed by atoms with Gasteiger partial charge in [0.1, 0.15) is 25.6 Å². The third-order valence-electron chi connectivity index (χ3n) is 2.53. The minimum atomic E-state index is -0.533. The summed E-state index contributed by atoms with van der Waals surface area (Å²) in [5.41, 5.74) is 0.303. The van der Waals surface area contributed by atoms with Gasteiger partial charge < -0.3 is 19.3 Å². The van der Waals surface area contributed by atoms with Crippen molar-refractivity contribution in [2.75, 3.05) is 6.61 Å². The lowest BCUT2D eigenvalue weighted by atomic mass is 10.3. The largest absolute Gasteiger partial charge is 0.472 e. The van der Waals surface area contributed by atoms with Gasteiger partial charge in [-0.3, -0.25) is 0 Å². The van der Waals surface area contributed by atoms with E-state index in [0.29, 0.717) is 11.4 Å². The van der Waals surface area contributed by atoms with E-state index in [1.165, 1.54) is 29.4 Å². The number of rotatable bonds is 5. The second-order valence-corrected chi connectivity index (χ2v) is 3.72. The smallest absolute Gasteiger partial charge is 0.342 e. The first-order valence-electron chi connectivity index (χ1n) is 5.45. The zero-order chi connectivity index (χ0) is 13.8. The first-order valence-corrected chi connectivity index (χ1v) is 5.45. The molecule has 0 fully saturated rings. The minimum absolute atomic E-state index is 0.0159. The highest BCUT2D eigenvalue weighted by molar-refractivity contribution is 5.88. The van der Waals surface area contributed by atoms with Crippen LogP contribution in [0.25, 0.3) is 0 Å². The Balaban J connectivity index is 1.95. The second kappa shape index (κ2) is 5.34. The van der Waals surface area contributed by atoms with E-state index in [1.807, 2.05) is 0 Å². The molecule has 0 unspecified atom stereocenters. The maximum absolute atomic E-state index is 11.5. The molecule has 0 spiro atoms. The molecule has 0 aliphatic carbocycles. The Kier molecular flexibility index (Phi) is 3.60. The number of hydrogen-bond donors (Lipinski definition) is 0. The van der Waals surface area contributed by atoms with Crippen LogP contribution < -0.4 is 0 Å². The average molecular weight is 265 g/mol. The molecule has 100 valence electrons. The molecule has 0 saturated carbocycles. The average Bonchev–Trinajstić information content (AvgIpc) is 2.99. The SMILES string of the molecule is Cc1ncc([N+](=O)[O-])n1CCOC(=O)c1ccoc1. The van der Waals surface area contributed by atoms with Gasteiger partial charge in [0.15, 0.2) is 5.82 Å². The van der Waals surface area contributed by atoms with E-state index in [4.69, 9.17) is 9.15 Å². The number of furan rings is 1. The Hall–Kier alpha value is -2.64. The van der Waals surface area contributed by atoms with E-state index < -0.39 is 10.9 Å². The van der Waals surface area contributed by atoms with E-state index in [1.54, 1.807) is 6.92 Å². The van der Waals surface area contributed by atoms with Crippen molar-refractivity contribution in [2.24, 2.45) is 0 Å². The zero-order valence-corrected chi connectivity index (χ0v) is 10.1. The third-order valence-corrected chi connectivity index (χ3v) is 2.53. The fourth-order valence-electron chi connectivity index (χ4n) is 1.57. The predicted molar refractivity (Wildman–Crippen MR) is 62.6 cm³/mol. The van der Waals surface area contributed by atoms with Crippen molar-refractivity contribution < 1.29 is 18.9 Å². The molecule has 2 aromatic rings. The number of carbonyl (C=O) groups is 1. The molecule has 0 amide bonds. The summed E-state index contributed by atoms with van der Waals surface area (Å²) in [4.78, 5) is 25.6. The molecule has 0 aromatic carbocycles. The maximum atomic E-state index is 11.5. The fourth-order valence-corrected chi connectivity index (χ4v) is 1.57. The minimum Gasteiger partial charge on any atom is -0.472 e. The van der Waals surface area contributed by atoms with Crippen LogP contribution in [0.2, 0.25) is 0 Å². The molecule has 0 bridgehead atoms. The van der Waals surface area contributed by atoms with Gasteiger partial charge in [0.25, 0.3) is 0 Å². The van der Waals surface area contributed by atoms with Crippen LogP contribution in [-0.2, 0) is 11.3 Å². The van der Waals surface area contributed by atoms with Gasteiger partial charge in [0, 0.05) is 6.92 Å². The summed E-state index contributed by atoms with van der Waals surface area (Å²) >= 11 is 0. The van der Waals surface area contributed by atoms with Crippen LogP contribution in [0.4, 0.5) is 5.82 Å². The van der Waals surface area contributed by atoms with E-state index in [9.17, 15) is 14.9 Å². The highest BCUT2D eigenvalue weighted by atomic mass is 16.6. The van der Waals surface area contributed by atoms with Crippen molar-refractivity contribution in [3.8, 4) is 0 Å². The van der Waals surface area contributed by atoms with Crippen LogP contribution in [0.3, 0.4) is 0 Å². The summed E-state index contributed by atoms with van der Waals surface area (Å²) in [6, 6.07) is 1.48.